The molecule has 1 saturated heterocycles. The number of anilines is 1. The standard InChI is InChI=1S/C15H24BrN3/c1-11-8-14(10-18-15(11)16)19-12(2)9-13-6-4-3-5-7-17-13/h8,10,12-13,17,19H,3-7,9H2,1-2H3. The first kappa shape index (κ1) is 14.8. The number of aromatic nitrogens is 1. The molecule has 0 bridgehead atoms. The van der Waals surface area contributed by atoms with Crippen molar-refractivity contribution in [1.29, 1.82) is 0 Å². The first-order valence-electron chi connectivity index (χ1n) is 7.27. The SMILES string of the molecule is Cc1cc(NC(C)CC2CCCCCN2)cnc1Br. The Bertz CT molecular complexity index is 400. The highest BCUT2D eigenvalue weighted by Crippen LogP contribution is 2.19. The van der Waals surface area contributed by atoms with Gasteiger partial charge in [0.1, 0.15) is 4.60 Å². The maximum Gasteiger partial charge on any atom is 0.109 e. The number of aryl methyl sites for hydroxylation is 1. The third-order valence-corrected chi connectivity index (χ3v) is 4.56. The summed E-state index contributed by atoms with van der Waals surface area (Å²) in [7, 11) is 0. The zero-order valence-corrected chi connectivity index (χ0v) is 13.5. The molecular weight excluding hydrogens is 302 g/mol. The molecule has 1 aromatic rings. The zero-order chi connectivity index (χ0) is 13.7. The number of hydrogen-bond donors (Lipinski definition) is 2. The monoisotopic (exact) mass is 325 g/mol. The fraction of sp³-hybridized carbons (Fsp3) is 0.667. The zero-order valence-electron chi connectivity index (χ0n) is 11.9. The topological polar surface area (TPSA) is 37.0 Å². The third-order valence-electron chi connectivity index (χ3n) is 3.73. The van der Waals surface area contributed by atoms with Gasteiger partial charge in [0.25, 0.3) is 0 Å². The number of nitrogens with zero attached hydrogens (tertiary/aromatic N) is 1. The molecule has 106 valence electrons. The minimum Gasteiger partial charge on any atom is -0.381 e. The van der Waals surface area contributed by atoms with Crippen molar-refractivity contribution >= 4 is 21.6 Å². The molecule has 2 rings (SSSR count). The van der Waals surface area contributed by atoms with Gasteiger partial charge in [-0.05, 0) is 67.2 Å². The molecule has 1 aliphatic rings. The van der Waals surface area contributed by atoms with E-state index in [0.717, 1.165) is 10.3 Å². The molecule has 19 heavy (non-hydrogen) atoms. The number of pyridine rings is 1. The molecule has 2 unspecified atom stereocenters. The summed E-state index contributed by atoms with van der Waals surface area (Å²) in [5, 5.41) is 7.21. The lowest BCUT2D eigenvalue weighted by atomic mass is 10.0. The maximum atomic E-state index is 4.33. The lowest BCUT2D eigenvalue weighted by Gasteiger charge is -2.22. The Kier molecular flexibility index (Phi) is 5.64. The molecule has 1 fully saturated rings. The van der Waals surface area contributed by atoms with Crippen LogP contribution in [-0.2, 0) is 0 Å². The largest absolute Gasteiger partial charge is 0.381 e. The van der Waals surface area contributed by atoms with Crippen molar-refractivity contribution in [1.82, 2.24) is 10.3 Å². The van der Waals surface area contributed by atoms with E-state index in [1.54, 1.807) is 0 Å². The number of halogens is 1. The van der Waals surface area contributed by atoms with Gasteiger partial charge in [0.2, 0.25) is 0 Å². The number of nitrogens with one attached hydrogen (secondary N) is 2. The van der Waals surface area contributed by atoms with Gasteiger partial charge in [-0.15, -0.1) is 0 Å². The molecule has 1 aliphatic heterocycles. The summed E-state index contributed by atoms with van der Waals surface area (Å²) in [5.74, 6) is 0. The first-order valence-corrected chi connectivity index (χ1v) is 8.06. The highest BCUT2D eigenvalue weighted by molar-refractivity contribution is 9.10. The van der Waals surface area contributed by atoms with Crippen LogP contribution in [0.2, 0.25) is 0 Å². The van der Waals surface area contributed by atoms with E-state index in [1.807, 2.05) is 6.20 Å². The van der Waals surface area contributed by atoms with Gasteiger partial charge in [-0.25, -0.2) is 4.98 Å². The summed E-state index contributed by atoms with van der Waals surface area (Å²) in [6.45, 7) is 5.50. The summed E-state index contributed by atoms with van der Waals surface area (Å²) in [6, 6.07) is 3.28. The predicted molar refractivity (Wildman–Crippen MR) is 84.6 cm³/mol. The highest BCUT2D eigenvalue weighted by Gasteiger charge is 2.15. The van der Waals surface area contributed by atoms with E-state index in [-0.39, 0.29) is 0 Å². The molecule has 0 aliphatic carbocycles. The Balaban J connectivity index is 1.85. The van der Waals surface area contributed by atoms with Crippen LogP contribution in [0.5, 0.6) is 0 Å². The number of hydrogen-bond acceptors (Lipinski definition) is 3. The molecule has 2 heterocycles. The molecule has 0 saturated carbocycles. The van der Waals surface area contributed by atoms with Gasteiger partial charge in [0.05, 0.1) is 11.9 Å². The van der Waals surface area contributed by atoms with E-state index < -0.39 is 0 Å². The van der Waals surface area contributed by atoms with Crippen LogP contribution < -0.4 is 10.6 Å². The maximum absolute atomic E-state index is 4.33. The summed E-state index contributed by atoms with van der Waals surface area (Å²) >= 11 is 3.44. The van der Waals surface area contributed by atoms with E-state index in [0.29, 0.717) is 12.1 Å². The van der Waals surface area contributed by atoms with Crippen LogP contribution in [0, 0.1) is 6.92 Å². The lowest BCUT2D eigenvalue weighted by molar-refractivity contribution is 0.456. The second-order valence-corrected chi connectivity index (χ2v) is 6.36. The van der Waals surface area contributed by atoms with E-state index in [1.165, 1.54) is 44.2 Å². The predicted octanol–water partition coefficient (Wildman–Crippen LogP) is 3.88. The van der Waals surface area contributed by atoms with Crippen molar-refractivity contribution in [3.63, 3.8) is 0 Å². The van der Waals surface area contributed by atoms with Crippen molar-refractivity contribution in [2.75, 3.05) is 11.9 Å². The minimum absolute atomic E-state index is 0.470. The second kappa shape index (κ2) is 7.25. The van der Waals surface area contributed by atoms with Crippen LogP contribution in [0.3, 0.4) is 0 Å². The van der Waals surface area contributed by atoms with Crippen molar-refractivity contribution in [3.05, 3.63) is 22.4 Å². The lowest BCUT2D eigenvalue weighted by Crippen LogP contribution is -2.33. The third kappa shape index (κ3) is 4.77. The molecule has 0 radical (unpaired) electrons. The Morgan fingerprint density at radius 3 is 3.11 bits per heavy atom. The average Bonchev–Trinajstić information content (AvgIpc) is 2.62. The fourth-order valence-corrected chi connectivity index (χ4v) is 2.93. The Hall–Kier alpha value is -0.610. The Morgan fingerprint density at radius 2 is 2.32 bits per heavy atom. The van der Waals surface area contributed by atoms with E-state index in [2.05, 4.69) is 51.5 Å². The summed E-state index contributed by atoms with van der Waals surface area (Å²) in [6.07, 6.45) is 8.45. The van der Waals surface area contributed by atoms with Gasteiger partial charge in [0.15, 0.2) is 0 Å². The van der Waals surface area contributed by atoms with Gasteiger partial charge in [-0.3, -0.25) is 0 Å². The van der Waals surface area contributed by atoms with Gasteiger partial charge < -0.3 is 10.6 Å². The smallest absolute Gasteiger partial charge is 0.109 e. The van der Waals surface area contributed by atoms with Crippen molar-refractivity contribution in [2.45, 2.75) is 58.0 Å². The average molecular weight is 326 g/mol. The summed E-state index contributed by atoms with van der Waals surface area (Å²) in [4.78, 5) is 4.33. The summed E-state index contributed by atoms with van der Waals surface area (Å²) in [5.41, 5.74) is 2.28. The van der Waals surface area contributed by atoms with Gasteiger partial charge in [0, 0.05) is 12.1 Å². The van der Waals surface area contributed by atoms with Crippen LogP contribution in [0.25, 0.3) is 0 Å². The number of rotatable bonds is 4. The fourth-order valence-electron chi connectivity index (χ4n) is 2.71. The quantitative estimate of drug-likeness (QED) is 0.825. The van der Waals surface area contributed by atoms with Crippen molar-refractivity contribution in [3.8, 4) is 0 Å². The highest BCUT2D eigenvalue weighted by atomic mass is 79.9. The molecule has 4 heteroatoms. The van der Waals surface area contributed by atoms with Crippen molar-refractivity contribution in [2.24, 2.45) is 0 Å². The van der Waals surface area contributed by atoms with Gasteiger partial charge in [-0.1, -0.05) is 12.8 Å². The molecule has 2 atom stereocenters. The molecular formula is C15H24BrN3. The minimum atomic E-state index is 0.470. The van der Waals surface area contributed by atoms with Crippen molar-refractivity contribution < 1.29 is 0 Å². The van der Waals surface area contributed by atoms with Gasteiger partial charge in [-0.2, -0.15) is 0 Å². The van der Waals surface area contributed by atoms with Crippen LogP contribution in [0.1, 0.15) is 44.6 Å². The normalized spacial score (nSPS) is 21.7. The molecule has 3 nitrogen and oxygen atoms in total. The van der Waals surface area contributed by atoms with Gasteiger partial charge >= 0.3 is 0 Å². The van der Waals surface area contributed by atoms with E-state index in [9.17, 15) is 0 Å². The molecule has 0 aromatic carbocycles. The first-order chi connectivity index (χ1) is 9.15. The molecule has 0 amide bonds. The Morgan fingerprint density at radius 1 is 1.47 bits per heavy atom. The van der Waals surface area contributed by atoms with Crippen LogP contribution in [0.4, 0.5) is 5.69 Å². The van der Waals surface area contributed by atoms with Crippen LogP contribution in [0.15, 0.2) is 16.9 Å². The molecule has 0 spiro atoms. The van der Waals surface area contributed by atoms with Crippen LogP contribution >= 0.6 is 15.9 Å². The van der Waals surface area contributed by atoms with Crippen LogP contribution in [-0.4, -0.2) is 23.6 Å². The second-order valence-electron chi connectivity index (χ2n) is 5.61. The van der Waals surface area contributed by atoms with E-state index >= 15 is 0 Å². The van der Waals surface area contributed by atoms with E-state index in [4.69, 9.17) is 0 Å². The Labute approximate surface area is 124 Å². The molecule has 2 N–H and O–H groups in total. The molecule has 1 aromatic heterocycles. The summed E-state index contributed by atoms with van der Waals surface area (Å²) < 4.78 is 0.927.